The first-order valence-electron chi connectivity index (χ1n) is 8.75. The smallest absolute Gasteiger partial charge is 0.548 e. The molecule has 0 radical (unpaired) electrons. The molecule has 0 aliphatic heterocycles. The van der Waals surface area contributed by atoms with Crippen LogP contribution in [0.1, 0.15) is 71.6 Å². The summed E-state index contributed by atoms with van der Waals surface area (Å²) in [6.07, 6.45) is 4.74. The van der Waals surface area contributed by atoms with Gasteiger partial charge in [0, 0.05) is 12.8 Å². The monoisotopic (exact) mass is 377 g/mol. The summed E-state index contributed by atoms with van der Waals surface area (Å²) in [4.78, 5) is 48.6. The maximum Gasteiger partial charge on any atom is 1.00 e. The third kappa shape index (κ3) is 10.7. The normalized spacial score (nSPS) is 11.0. The maximum absolute atomic E-state index is 12.4. The zero-order valence-corrected chi connectivity index (χ0v) is 18.1. The first-order valence-corrected chi connectivity index (χ1v) is 8.75. The molecule has 0 rings (SSSR count). The Morgan fingerprint density at radius 3 is 1.81 bits per heavy atom. The van der Waals surface area contributed by atoms with Gasteiger partial charge in [-0.1, -0.05) is 46.1 Å². The minimum absolute atomic E-state index is 0. The fourth-order valence-electron chi connectivity index (χ4n) is 2.36. The van der Waals surface area contributed by atoms with E-state index in [0.29, 0.717) is 17.7 Å². The van der Waals surface area contributed by atoms with Crippen LogP contribution in [0.4, 0.5) is 0 Å². The van der Waals surface area contributed by atoms with Crippen LogP contribution in [-0.4, -0.2) is 34.7 Å². The molecule has 8 heteroatoms. The molecule has 142 valence electrons. The SMILES string of the molecule is C=COC(=O)CC(C(=O)[O-])N(C(=O)CCCCC)C(=O)CCCCC.[Na+]. The van der Waals surface area contributed by atoms with E-state index in [9.17, 15) is 24.3 Å². The topological polar surface area (TPSA) is 104 Å². The van der Waals surface area contributed by atoms with E-state index in [0.717, 1.165) is 31.9 Å². The number of rotatable bonds is 13. The van der Waals surface area contributed by atoms with Crippen molar-refractivity contribution < 1.29 is 58.6 Å². The number of amides is 2. The molecule has 0 heterocycles. The minimum atomic E-state index is -1.67. The molecule has 0 bridgehead atoms. The largest absolute Gasteiger partial charge is 1.00 e. The predicted molar refractivity (Wildman–Crippen MR) is 89.8 cm³/mol. The van der Waals surface area contributed by atoms with Crippen LogP contribution in [0.5, 0.6) is 0 Å². The van der Waals surface area contributed by atoms with Gasteiger partial charge < -0.3 is 14.6 Å². The van der Waals surface area contributed by atoms with Gasteiger partial charge >= 0.3 is 35.5 Å². The fourth-order valence-corrected chi connectivity index (χ4v) is 2.36. The number of carboxylic acid groups (broad SMARTS) is 1. The number of ether oxygens (including phenoxy) is 1. The predicted octanol–water partition coefficient (Wildman–Crippen LogP) is -1.30. The van der Waals surface area contributed by atoms with Gasteiger partial charge in [-0.05, 0) is 12.8 Å². The second-order valence-electron chi connectivity index (χ2n) is 5.77. The van der Waals surface area contributed by atoms with E-state index in [1.54, 1.807) is 0 Å². The molecule has 0 saturated heterocycles. The number of hydrogen-bond acceptors (Lipinski definition) is 6. The van der Waals surface area contributed by atoms with E-state index in [2.05, 4.69) is 11.3 Å². The van der Waals surface area contributed by atoms with Gasteiger partial charge in [-0.25, -0.2) is 0 Å². The van der Waals surface area contributed by atoms with Crippen molar-refractivity contribution in [3.05, 3.63) is 12.8 Å². The number of carboxylic acids is 1. The van der Waals surface area contributed by atoms with Gasteiger partial charge in [0.15, 0.2) is 0 Å². The van der Waals surface area contributed by atoms with Crippen LogP contribution in [0.2, 0.25) is 0 Å². The van der Waals surface area contributed by atoms with Crippen LogP contribution in [0.3, 0.4) is 0 Å². The fraction of sp³-hybridized carbons (Fsp3) is 0.667. The second kappa shape index (κ2) is 16.0. The molecule has 0 aromatic rings. The Balaban J connectivity index is 0. The number of imide groups is 1. The molecule has 0 aliphatic rings. The van der Waals surface area contributed by atoms with Crippen molar-refractivity contribution in [1.82, 2.24) is 4.90 Å². The number of aliphatic carboxylic acids is 1. The molecule has 26 heavy (non-hydrogen) atoms. The van der Waals surface area contributed by atoms with Crippen molar-refractivity contribution in [2.24, 2.45) is 0 Å². The first kappa shape index (κ1) is 27.0. The summed E-state index contributed by atoms with van der Waals surface area (Å²) in [6.45, 7) is 7.15. The van der Waals surface area contributed by atoms with Crippen LogP contribution in [0.25, 0.3) is 0 Å². The standard InChI is InChI=1S/C18H29NO6.Na/c1-4-7-9-11-15(20)19(16(21)12-10-8-5-2)14(18(23)24)13-17(22)25-6-3;/h6,14H,3-5,7-13H2,1-2H3,(H,23,24);/q;+1/p-1. The Morgan fingerprint density at radius 2 is 1.46 bits per heavy atom. The number of unbranched alkanes of at least 4 members (excludes halogenated alkanes) is 4. The average molecular weight is 377 g/mol. The molecule has 0 spiro atoms. The van der Waals surface area contributed by atoms with Crippen molar-refractivity contribution in [2.75, 3.05) is 0 Å². The van der Waals surface area contributed by atoms with E-state index in [-0.39, 0.29) is 42.4 Å². The number of esters is 1. The van der Waals surface area contributed by atoms with Gasteiger partial charge in [-0.15, -0.1) is 0 Å². The maximum atomic E-state index is 12.4. The molecule has 1 atom stereocenters. The molecule has 0 aromatic heterocycles. The van der Waals surface area contributed by atoms with E-state index < -0.39 is 36.2 Å². The number of carbonyl (C=O) groups excluding carboxylic acids is 4. The van der Waals surface area contributed by atoms with Gasteiger partial charge in [0.05, 0.1) is 24.7 Å². The summed E-state index contributed by atoms with van der Waals surface area (Å²) in [7, 11) is 0. The first-order chi connectivity index (χ1) is 11.9. The molecule has 0 aliphatic carbocycles. The molecule has 7 nitrogen and oxygen atoms in total. The average Bonchev–Trinajstić information content (AvgIpc) is 2.54. The van der Waals surface area contributed by atoms with Gasteiger partial charge in [0.25, 0.3) is 0 Å². The molecule has 1 unspecified atom stereocenters. The summed E-state index contributed by atoms with van der Waals surface area (Å²) in [5.41, 5.74) is 0. The molecule has 0 fully saturated rings. The minimum Gasteiger partial charge on any atom is -0.548 e. The van der Waals surface area contributed by atoms with Crippen molar-refractivity contribution >= 4 is 23.8 Å². The Hall–Kier alpha value is -1.18. The van der Waals surface area contributed by atoms with Crippen LogP contribution >= 0.6 is 0 Å². The molecule has 0 N–H and O–H groups in total. The van der Waals surface area contributed by atoms with Crippen molar-refractivity contribution in [2.45, 2.75) is 77.7 Å². The van der Waals surface area contributed by atoms with Gasteiger partial charge in [0.2, 0.25) is 11.8 Å². The number of carbonyl (C=O) groups is 4. The van der Waals surface area contributed by atoms with Crippen LogP contribution in [-0.2, 0) is 23.9 Å². The van der Waals surface area contributed by atoms with E-state index in [4.69, 9.17) is 0 Å². The number of nitrogens with zero attached hydrogens (tertiary/aromatic N) is 1. The van der Waals surface area contributed by atoms with E-state index in [1.165, 1.54) is 0 Å². The van der Waals surface area contributed by atoms with Crippen molar-refractivity contribution in [3.8, 4) is 0 Å². The Bertz CT molecular complexity index is 458. The summed E-state index contributed by atoms with van der Waals surface area (Å²) in [6, 6.07) is -1.67. The van der Waals surface area contributed by atoms with Crippen molar-refractivity contribution in [1.29, 1.82) is 0 Å². The Labute approximate surface area is 177 Å². The molecular weight excluding hydrogens is 349 g/mol. The van der Waals surface area contributed by atoms with Crippen LogP contribution in [0.15, 0.2) is 12.8 Å². The third-order valence-corrected chi connectivity index (χ3v) is 3.68. The number of hydrogen-bond donors (Lipinski definition) is 0. The second-order valence-corrected chi connectivity index (χ2v) is 5.77. The van der Waals surface area contributed by atoms with Crippen molar-refractivity contribution in [3.63, 3.8) is 0 Å². The van der Waals surface area contributed by atoms with E-state index >= 15 is 0 Å². The summed E-state index contributed by atoms with van der Waals surface area (Å²) < 4.78 is 4.51. The van der Waals surface area contributed by atoms with Crippen LogP contribution < -0.4 is 34.7 Å². The third-order valence-electron chi connectivity index (χ3n) is 3.68. The zero-order valence-electron chi connectivity index (χ0n) is 16.1. The van der Waals surface area contributed by atoms with Gasteiger partial charge in [-0.2, -0.15) is 0 Å². The van der Waals surface area contributed by atoms with Gasteiger partial charge in [-0.3, -0.25) is 19.3 Å². The summed E-state index contributed by atoms with van der Waals surface area (Å²) in [5.74, 6) is -3.75. The molecule has 2 amide bonds. The van der Waals surface area contributed by atoms with E-state index in [1.807, 2.05) is 13.8 Å². The molecular formula is C18H28NNaO6. The molecule has 0 aromatic carbocycles. The van der Waals surface area contributed by atoms with Crippen LogP contribution in [0, 0.1) is 0 Å². The zero-order chi connectivity index (χ0) is 19.2. The Morgan fingerprint density at radius 1 is 1.00 bits per heavy atom. The molecule has 0 saturated carbocycles. The summed E-state index contributed by atoms with van der Waals surface area (Å²) >= 11 is 0. The summed E-state index contributed by atoms with van der Waals surface area (Å²) in [5, 5.41) is 11.5. The van der Waals surface area contributed by atoms with Gasteiger partial charge in [0.1, 0.15) is 0 Å². The Kier molecular flexibility index (Phi) is 16.7. The quantitative estimate of drug-likeness (QED) is 0.171.